The van der Waals surface area contributed by atoms with Crippen LogP contribution >= 0.6 is 0 Å². The van der Waals surface area contributed by atoms with Crippen molar-refractivity contribution in [2.45, 2.75) is 19.4 Å². The third kappa shape index (κ3) is 3.70. The average Bonchev–Trinajstić information content (AvgIpc) is 2.49. The molecule has 0 bridgehead atoms. The number of hydrogen-bond donors (Lipinski definition) is 1. The van der Waals surface area contributed by atoms with E-state index in [1.165, 1.54) is 24.3 Å². The summed E-state index contributed by atoms with van der Waals surface area (Å²) in [6, 6.07) is 7.75. The van der Waals surface area contributed by atoms with E-state index >= 15 is 0 Å². The molecular formula is C15H19FN4O. The maximum Gasteiger partial charge on any atom is 0.321 e. The van der Waals surface area contributed by atoms with Crippen molar-refractivity contribution in [2.75, 3.05) is 31.5 Å². The highest BCUT2D eigenvalue weighted by Gasteiger charge is 2.31. The van der Waals surface area contributed by atoms with Crippen LogP contribution in [-0.2, 0) is 0 Å². The number of carbonyl (C=O) groups is 1. The number of benzene rings is 1. The lowest BCUT2D eigenvalue weighted by Gasteiger charge is -2.40. The van der Waals surface area contributed by atoms with Crippen LogP contribution in [0.3, 0.4) is 0 Å². The molecule has 2 amide bonds. The van der Waals surface area contributed by atoms with Crippen molar-refractivity contribution in [1.82, 2.24) is 9.80 Å². The van der Waals surface area contributed by atoms with Gasteiger partial charge in [0, 0.05) is 31.9 Å². The normalized spacial score (nSPS) is 16.4. The Morgan fingerprint density at radius 3 is 2.33 bits per heavy atom. The molecule has 1 aliphatic rings. The van der Waals surface area contributed by atoms with Crippen molar-refractivity contribution in [3.63, 3.8) is 0 Å². The Kier molecular flexibility index (Phi) is 4.43. The summed E-state index contributed by atoms with van der Waals surface area (Å²) in [7, 11) is 0. The molecule has 1 aromatic carbocycles. The number of piperazine rings is 1. The van der Waals surface area contributed by atoms with Gasteiger partial charge in [0.05, 0.1) is 6.07 Å². The van der Waals surface area contributed by atoms with Gasteiger partial charge in [-0.15, -0.1) is 0 Å². The molecule has 2 rings (SSSR count). The number of halogens is 1. The molecule has 0 aliphatic carbocycles. The third-order valence-electron chi connectivity index (χ3n) is 3.73. The minimum absolute atomic E-state index is 0.198. The summed E-state index contributed by atoms with van der Waals surface area (Å²) in [6.07, 6.45) is 0. The molecule has 0 unspecified atom stereocenters. The van der Waals surface area contributed by atoms with Gasteiger partial charge in [-0.1, -0.05) is 0 Å². The van der Waals surface area contributed by atoms with Crippen LogP contribution in [0.25, 0.3) is 0 Å². The summed E-state index contributed by atoms with van der Waals surface area (Å²) < 4.78 is 12.8. The Bertz CT molecular complexity index is 542. The largest absolute Gasteiger partial charge is 0.322 e. The van der Waals surface area contributed by atoms with Crippen LogP contribution < -0.4 is 5.32 Å². The molecule has 1 aromatic rings. The molecule has 0 saturated carbocycles. The third-order valence-corrected chi connectivity index (χ3v) is 3.73. The van der Waals surface area contributed by atoms with Crippen LogP contribution in [0.4, 0.5) is 14.9 Å². The van der Waals surface area contributed by atoms with E-state index < -0.39 is 5.54 Å². The fourth-order valence-corrected chi connectivity index (χ4v) is 2.28. The molecule has 5 nitrogen and oxygen atoms in total. The molecule has 1 aliphatic heterocycles. The van der Waals surface area contributed by atoms with Crippen LogP contribution in [-0.4, -0.2) is 47.5 Å². The SMILES string of the molecule is CC(C)(C#N)N1CCN(C(=O)Nc2ccc(F)cc2)CC1. The van der Waals surface area contributed by atoms with Crippen molar-refractivity contribution in [3.8, 4) is 6.07 Å². The predicted octanol–water partition coefficient (Wildman–Crippen LogP) is 2.28. The molecule has 0 aromatic heterocycles. The molecule has 6 heteroatoms. The zero-order valence-electron chi connectivity index (χ0n) is 12.3. The first-order chi connectivity index (χ1) is 9.92. The molecule has 112 valence electrons. The maximum absolute atomic E-state index is 12.8. The van der Waals surface area contributed by atoms with Gasteiger partial charge in [0.15, 0.2) is 0 Å². The molecule has 1 fully saturated rings. The Balaban J connectivity index is 1.89. The average molecular weight is 290 g/mol. The lowest BCUT2D eigenvalue weighted by atomic mass is 10.0. The standard InChI is InChI=1S/C15H19FN4O/c1-15(2,11-17)20-9-7-19(8-10-20)14(21)18-13-5-3-12(16)4-6-13/h3-6H,7-10H2,1-2H3,(H,18,21). The molecule has 0 spiro atoms. The minimum atomic E-state index is -0.514. The van der Waals surface area contributed by atoms with E-state index in [0.717, 1.165) is 0 Å². The summed E-state index contributed by atoms with van der Waals surface area (Å²) in [5.74, 6) is -0.333. The summed E-state index contributed by atoms with van der Waals surface area (Å²) in [5, 5.41) is 11.9. The Morgan fingerprint density at radius 2 is 1.81 bits per heavy atom. The number of anilines is 1. The number of urea groups is 1. The van der Waals surface area contributed by atoms with Gasteiger partial charge >= 0.3 is 6.03 Å². The summed E-state index contributed by atoms with van der Waals surface area (Å²) in [4.78, 5) is 15.9. The van der Waals surface area contributed by atoms with Gasteiger partial charge in [0.1, 0.15) is 11.4 Å². The van der Waals surface area contributed by atoms with E-state index in [1.54, 1.807) is 4.90 Å². The van der Waals surface area contributed by atoms with E-state index in [1.807, 2.05) is 13.8 Å². The minimum Gasteiger partial charge on any atom is -0.322 e. The molecule has 21 heavy (non-hydrogen) atoms. The quantitative estimate of drug-likeness (QED) is 0.909. The van der Waals surface area contributed by atoms with Gasteiger partial charge in [0.25, 0.3) is 0 Å². The second kappa shape index (κ2) is 6.10. The zero-order valence-corrected chi connectivity index (χ0v) is 12.3. The lowest BCUT2D eigenvalue weighted by molar-refractivity contribution is 0.0964. The number of nitriles is 1. The molecule has 1 saturated heterocycles. The topological polar surface area (TPSA) is 59.4 Å². The number of hydrogen-bond acceptors (Lipinski definition) is 3. The van der Waals surface area contributed by atoms with Gasteiger partial charge in [-0.3, -0.25) is 4.90 Å². The molecular weight excluding hydrogens is 271 g/mol. The highest BCUT2D eigenvalue weighted by Crippen LogP contribution is 2.16. The Hall–Kier alpha value is -2.13. The number of carbonyl (C=O) groups excluding carboxylic acids is 1. The van der Waals surface area contributed by atoms with Gasteiger partial charge < -0.3 is 10.2 Å². The van der Waals surface area contributed by atoms with Gasteiger partial charge in [-0.25, -0.2) is 9.18 Å². The van der Waals surface area contributed by atoms with Gasteiger partial charge in [-0.2, -0.15) is 5.26 Å². The number of nitrogens with zero attached hydrogens (tertiary/aromatic N) is 3. The fourth-order valence-electron chi connectivity index (χ4n) is 2.28. The van der Waals surface area contributed by atoms with Crippen molar-refractivity contribution in [3.05, 3.63) is 30.1 Å². The fraction of sp³-hybridized carbons (Fsp3) is 0.467. The number of nitrogens with one attached hydrogen (secondary N) is 1. The lowest BCUT2D eigenvalue weighted by Crippen LogP contribution is -2.55. The predicted molar refractivity (Wildman–Crippen MR) is 78.3 cm³/mol. The van der Waals surface area contributed by atoms with E-state index in [-0.39, 0.29) is 11.8 Å². The zero-order chi connectivity index (χ0) is 15.5. The van der Waals surface area contributed by atoms with E-state index in [2.05, 4.69) is 16.3 Å². The summed E-state index contributed by atoms with van der Waals surface area (Å²) >= 11 is 0. The molecule has 0 radical (unpaired) electrons. The van der Waals surface area contributed by atoms with Crippen LogP contribution in [0.15, 0.2) is 24.3 Å². The monoisotopic (exact) mass is 290 g/mol. The van der Waals surface area contributed by atoms with E-state index in [4.69, 9.17) is 5.26 Å². The molecule has 1 N–H and O–H groups in total. The molecule has 0 atom stereocenters. The van der Waals surface area contributed by atoms with Crippen molar-refractivity contribution < 1.29 is 9.18 Å². The summed E-state index contributed by atoms with van der Waals surface area (Å²) in [5.41, 5.74) is 0.0562. The van der Waals surface area contributed by atoms with Crippen molar-refractivity contribution in [1.29, 1.82) is 5.26 Å². The van der Waals surface area contributed by atoms with Crippen LogP contribution in [0.5, 0.6) is 0 Å². The number of rotatable bonds is 2. The maximum atomic E-state index is 12.8. The number of amides is 2. The first-order valence-electron chi connectivity index (χ1n) is 6.90. The first-order valence-corrected chi connectivity index (χ1v) is 6.90. The van der Waals surface area contributed by atoms with Gasteiger partial charge in [0.2, 0.25) is 0 Å². The van der Waals surface area contributed by atoms with Crippen LogP contribution in [0.2, 0.25) is 0 Å². The van der Waals surface area contributed by atoms with Gasteiger partial charge in [-0.05, 0) is 38.1 Å². The van der Waals surface area contributed by atoms with E-state index in [9.17, 15) is 9.18 Å². The van der Waals surface area contributed by atoms with Crippen LogP contribution in [0, 0.1) is 17.1 Å². The second-order valence-corrected chi connectivity index (χ2v) is 5.58. The Morgan fingerprint density at radius 1 is 1.24 bits per heavy atom. The molecule has 1 heterocycles. The second-order valence-electron chi connectivity index (χ2n) is 5.58. The first kappa shape index (κ1) is 15.3. The Labute approximate surface area is 123 Å². The van der Waals surface area contributed by atoms with E-state index in [0.29, 0.717) is 31.9 Å². The summed E-state index contributed by atoms with van der Waals surface area (Å²) in [6.45, 7) is 6.22. The van der Waals surface area contributed by atoms with Crippen molar-refractivity contribution >= 4 is 11.7 Å². The highest BCUT2D eigenvalue weighted by molar-refractivity contribution is 5.89. The van der Waals surface area contributed by atoms with Crippen LogP contribution in [0.1, 0.15) is 13.8 Å². The van der Waals surface area contributed by atoms with Crippen molar-refractivity contribution in [2.24, 2.45) is 0 Å². The smallest absolute Gasteiger partial charge is 0.321 e. The highest BCUT2D eigenvalue weighted by atomic mass is 19.1.